The molecule has 29 heavy (non-hydrogen) atoms. The number of aryl methyl sites for hydroxylation is 1. The third-order valence-electron chi connectivity index (χ3n) is 4.61. The molecule has 1 aliphatic heterocycles. The van der Waals surface area contributed by atoms with Crippen LogP contribution >= 0.6 is 27.7 Å². The Morgan fingerprint density at radius 2 is 2.14 bits per heavy atom. The first-order chi connectivity index (χ1) is 14.0. The third kappa shape index (κ3) is 4.18. The number of benzene rings is 2. The highest BCUT2D eigenvalue weighted by Crippen LogP contribution is 2.31. The molecule has 1 aromatic heterocycles. The van der Waals surface area contributed by atoms with E-state index in [4.69, 9.17) is 0 Å². The second-order valence-electron chi connectivity index (χ2n) is 6.45. The summed E-state index contributed by atoms with van der Waals surface area (Å²) in [6, 6.07) is 12.3. The molecule has 0 atom stereocenters. The van der Waals surface area contributed by atoms with Gasteiger partial charge in [-0.2, -0.15) is 0 Å². The van der Waals surface area contributed by atoms with Crippen LogP contribution < -0.4 is 4.90 Å². The zero-order valence-electron chi connectivity index (χ0n) is 15.2. The van der Waals surface area contributed by atoms with E-state index in [-0.39, 0.29) is 17.3 Å². The molecule has 0 spiro atoms. The number of halogens is 1. The van der Waals surface area contributed by atoms with Crippen molar-refractivity contribution in [1.82, 2.24) is 15.2 Å². The molecule has 10 heteroatoms. The Hall–Kier alpha value is -2.72. The Morgan fingerprint density at radius 1 is 1.31 bits per heavy atom. The number of nitrogens with one attached hydrogen (secondary N) is 1. The molecule has 0 saturated carbocycles. The van der Waals surface area contributed by atoms with Crippen LogP contribution in [0.4, 0.5) is 11.4 Å². The summed E-state index contributed by atoms with van der Waals surface area (Å²) in [5, 5.41) is 18.6. The molecule has 0 aliphatic carbocycles. The van der Waals surface area contributed by atoms with Crippen molar-refractivity contribution in [2.24, 2.45) is 0 Å². The van der Waals surface area contributed by atoms with E-state index in [9.17, 15) is 14.9 Å². The Morgan fingerprint density at radius 3 is 2.93 bits per heavy atom. The van der Waals surface area contributed by atoms with Crippen molar-refractivity contribution in [1.29, 1.82) is 0 Å². The maximum Gasteiger partial charge on any atom is 0.269 e. The molecule has 0 saturated heterocycles. The van der Waals surface area contributed by atoms with Gasteiger partial charge >= 0.3 is 0 Å². The van der Waals surface area contributed by atoms with Gasteiger partial charge < -0.3 is 4.90 Å². The van der Waals surface area contributed by atoms with E-state index in [0.717, 1.165) is 34.1 Å². The minimum Gasteiger partial charge on any atom is -0.311 e. The van der Waals surface area contributed by atoms with Gasteiger partial charge in [0.05, 0.1) is 10.7 Å². The highest BCUT2D eigenvalue weighted by Gasteiger charge is 2.24. The maximum atomic E-state index is 12.8. The second-order valence-corrected chi connectivity index (χ2v) is 8.25. The van der Waals surface area contributed by atoms with Crippen molar-refractivity contribution in [2.75, 3.05) is 17.2 Å². The predicted molar refractivity (Wildman–Crippen MR) is 114 cm³/mol. The number of amides is 1. The highest BCUT2D eigenvalue weighted by molar-refractivity contribution is 9.10. The van der Waals surface area contributed by atoms with E-state index in [1.54, 1.807) is 17.0 Å². The van der Waals surface area contributed by atoms with Gasteiger partial charge in [-0.05, 0) is 30.5 Å². The number of aromatic nitrogens is 3. The van der Waals surface area contributed by atoms with Crippen molar-refractivity contribution in [2.45, 2.75) is 18.0 Å². The quantitative estimate of drug-likeness (QED) is 0.337. The van der Waals surface area contributed by atoms with E-state index in [0.29, 0.717) is 17.5 Å². The Kier molecular flexibility index (Phi) is 5.63. The van der Waals surface area contributed by atoms with Crippen LogP contribution in [-0.4, -0.2) is 38.3 Å². The number of nitro benzene ring substituents is 1. The van der Waals surface area contributed by atoms with Crippen LogP contribution in [0.1, 0.15) is 12.0 Å². The number of aromatic amines is 1. The summed E-state index contributed by atoms with van der Waals surface area (Å²) in [6.45, 7) is 0.598. The number of carbonyl (C=O) groups excluding carboxylic acids is 1. The maximum absolute atomic E-state index is 12.8. The molecule has 0 radical (unpaired) electrons. The molecular formula is C19H16BrN5O3S. The van der Waals surface area contributed by atoms with Crippen LogP contribution in [-0.2, 0) is 11.2 Å². The van der Waals surface area contributed by atoms with Gasteiger partial charge in [-0.1, -0.05) is 45.9 Å². The fourth-order valence-electron chi connectivity index (χ4n) is 3.25. The van der Waals surface area contributed by atoms with Crippen molar-refractivity contribution < 1.29 is 9.72 Å². The first-order valence-electron chi connectivity index (χ1n) is 8.91. The van der Waals surface area contributed by atoms with Gasteiger partial charge in [0, 0.05) is 34.4 Å². The van der Waals surface area contributed by atoms with Crippen LogP contribution in [0, 0.1) is 10.1 Å². The lowest BCUT2D eigenvalue weighted by molar-refractivity contribution is -0.384. The molecule has 3 aromatic rings. The molecular weight excluding hydrogens is 458 g/mol. The van der Waals surface area contributed by atoms with Crippen LogP contribution in [0.15, 0.2) is 52.1 Å². The van der Waals surface area contributed by atoms with Crippen molar-refractivity contribution >= 4 is 45.0 Å². The first-order valence-corrected chi connectivity index (χ1v) is 10.7. The molecule has 0 bridgehead atoms. The molecule has 1 aliphatic rings. The van der Waals surface area contributed by atoms with E-state index in [2.05, 4.69) is 31.1 Å². The van der Waals surface area contributed by atoms with Gasteiger partial charge in [-0.25, -0.2) is 4.98 Å². The average molecular weight is 474 g/mol. The molecule has 4 rings (SSSR count). The van der Waals surface area contributed by atoms with Gasteiger partial charge in [0.25, 0.3) is 5.69 Å². The first kappa shape index (κ1) is 19.6. The molecule has 1 amide bonds. The number of non-ortho nitro benzene ring substituents is 1. The van der Waals surface area contributed by atoms with Crippen molar-refractivity contribution in [3.05, 3.63) is 62.6 Å². The number of carbonyl (C=O) groups is 1. The number of hydrogen-bond acceptors (Lipinski definition) is 6. The standard InChI is InChI=1S/C19H16BrN5O3S/c20-15-6-2-1-5-14(15)18-21-19(23-22-18)29-11-17(26)24-9-3-4-12-10-13(25(27)28)7-8-16(12)24/h1-2,5-8,10H,3-4,9,11H2,(H,21,22,23). The minimum absolute atomic E-state index is 0.0488. The van der Waals surface area contributed by atoms with Crippen LogP contribution in [0.5, 0.6) is 0 Å². The SMILES string of the molecule is O=C(CSc1n[nH]c(-c2ccccc2Br)n1)N1CCCc2cc([N+](=O)[O-])ccc21. The van der Waals surface area contributed by atoms with Gasteiger partial charge in [-0.3, -0.25) is 20.0 Å². The fourth-order valence-corrected chi connectivity index (χ4v) is 4.39. The minimum atomic E-state index is -0.414. The summed E-state index contributed by atoms with van der Waals surface area (Å²) in [6.07, 6.45) is 1.50. The average Bonchev–Trinajstić information content (AvgIpc) is 3.20. The van der Waals surface area contributed by atoms with E-state index < -0.39 is 4.92 Å². The largest absolute Gasteiger partial charge is 0.311 e. The molecule has 2 heterocycles. The summed E-state index contributed by atoms with van der Waals surface area (Å²) in [5.74, 6) is 0.740. The normalized spacial score (nSPS) is 13.2. The molecule has 2 aromatic carbocycles. The number of thioether (sulfide) groups is 1. The zero-order valence-corrected chi connectivity index (χ0v) is 17.6. The van der Waals surface area contributed by atoms with Gasteiger partial charge in [0.15, 0.2) is 5.82 Å². The summed E-state index contributed by atoms with van der Waals surface area (Å²) in [5.41, 5.74) is 2.52. The topological polar surface area (TPSA) is 105 Å². The molecule has 0 unspecified atom stereocenters. The monoisotopic (exact) mass is 473 g/mol. The Balaban J connectivity index is 1.45. The second kappa shape index (κ2) is 8.34. The number of hydrogen-bond donors (Lipinski definition) is 1. The summed E-state index contributed by atoms with van der Waals surface area (Å²) < 4.78 is 0.905. The lowest BCUT2D eigenvalue weighted by atomic mass is 10.0. The van der Waals surface area contributed by atoms with E-state index in [1.807, 2.05) is 24.3 Å². The summed E-state index contributed by atoms with van der Waals surface area (Å²) >= 11 is 4.75. The van der Waals surface area contributed by atoms with Crippen LogP contribution in [0.25, 0.3) is 11.4 Å². The number of H-pyrrole nitrogens is 1. The fraction of sp³-hybridized carbons (Fsp3) is 0.211. The molecule has 148 valence electrons. The Bertz CT molecular complexity index is 1090. The zero-order chi connectivity index (χ0) is 20.4. The van der Waals surface area contributed by atoms with Gasteiger partial charge in [-0.15, -0.1) is 5.10 Å². The number of nitro groups is 1. The lowest BCUT2D eigenvalue weighted by Crippen LogP contribution is -2.36. The van der Waals surface area contributed by atoms with Crippen molar-refractivity contribution in [3.8, 4) is 11.4 Å². The van der Waals surface area contributed by atoms with Crippen LogP contribution in [0.3, 0.4) is 0 Å². The lowest BCUT2D eigenvalue weighted by Gasteiger charge is -2.29. The van der Waals surface area contributed by atoms with E-state index in [1.165, 1.54) is 17.8 Å². The Labute approximate surface area is 179 Å². The van der Waals surface area contributed by atoms with Gasteiger partial charge in [0.1, 0.15) is 0 Å². The molecule has 1 N–H and O–H groups in total. The molecule has 8 nitrogen and oxygen atoms in total. The summed E-state index contributed by atoms with van der Waals surface area (Å²) in [7, 11) is 0. The van der Waals surface area contributed by atoms with Crippen molar-refractivity contribution in [3.63, 3.8) is 0 Å². The number of nitrogens with zero attached hydrogens (tertiary/aromatic N) is 4. The van der Waals surface area contributed by atoms with E-state index >= 15 is 0 Å². The number of rotatable bonds is 5. The van der Waals surface area contributed by atoms with Gasteiger partial charge in [0.2, 0.25) is 11.1 Å². The molecule has 0 fully saturated rings. The van der Waals surface area contributed by atoms with Crippen LogP contribution in [0.2, 0.25) is 0 Å². The predicted octanol–water partition coefficient (Wildman–Crippen LogP) is 4.21. The highest BCUT2D eigenvalue weighted by atomic mass is 79.9. The number of fused-ring (bicyclic) bond motifs is 1. The number of anilines is 1. The smallest absolute Gasteiger partial charge is 0.269 e. The summed E-state index contributed by atoms with van der Waals surface area (Å²) in [4.78, 5) is 29.5. The third-order valence-corrected chi connectivity index (χ3v) is 6.14.